The number of hydrogen-bond acceptors (Lipinski definition) is 2. The van der Waals surface area contributed by atoms with E-state index < -0.39 is 0 Å². The van der Waals surface area contributed by atoms with E-state index in [1.54, 1.807) is 11.3 Å². The fourth-order valence-corrected chi connectivity index (χ4v) is 4.81. The molecule has 0 spiro atoms. The Morgan fingerprint density at radius 2 is 2.27 bits per heavy atom. The Morgan fingerprint density at radius 3 is 2.93 bits per heavy atom. The predicted octanol–water partition coefficient (Wildman–Crippen LogP) is 3.39. The van der Waals surface area contributed by atoms with E-state index in [1.165, 1.54) is 18.7 Å². The lowest BCUT2D eigenvalue weighted by molar-refractivity contribution is -0.118. The molecule has 1 aliphatic rings. The van der Waals surface area contributed by atoms with Crippen LogP contribution in [0.1, 0.15) is 23.3 Å². The van der Waals surface area contributed by atoms with Crippen molar-refractivity contribution in [2.45, 2.75) is 19.3 Å². The van der Waals surface area contributed by atoms with Gasteiger partial charge >= 0.3 is 0 Å². The van der Waals surface area contributed by atoms with Crippen molar-refractivity contribution in [3.63, 3.8) is 0 Å². The van der Waals surface area contributed by atoms with Crippen molar-refractivity contribution in [3.05, 3.63) is 18.7 Å². The number of amides is 1. The van der Waals surface area contributed by atoms with E-state index in [9.17, 15) is 4.79 Å². The minimum absolute atomic E-state index is 0.407. The van der Waals surface area contributed by atoms with Crippen molar-refractivity contribution in [2.75, 3.05) is 13.1 Å². The molecule has 1 aromatic heterocycles. The van der Waals surface area contributed by atoms with E-state index in [1.807, 2.05) is 4.90 Å². The predicted molar refractivity (Wildman–Crippen MR) is 69.5 cm³/mol. The maximum absolute atomic E-state index is 10.8. The van der Waals surface area contributed by atoms with Gasteiger partial charge in [0, 0.05) is 28.4 Å². The first-order valence-corrected chi connectivity index (χ1v) is 7.19. The summed E-state index contributed by atoms with van der Waals surface area (Å²) in [6.07, 6.45) is 1.92. The third-order valence-electron chi connectivity index (χ3n) is 2.70. The van der Waals surface area contributed by atoms with Crippen LogP contribution in [0, 0.1) is 0 Å². The van der Waals surface area contributed by atoms with Crippen LogP contribution in [0.2, 0.25) is 0 Å². The molecule has 2 rings (SSSR count). The quantitative estimate of drug-likeness (QED) is 0.709. The second-order valence-corrected chi connectivity index (χ2v) is 6.99. The molecule has 0 saturated heterocycles. The van der Waals surface area contributed by atoms with Crippen LogP contribution in [0.5, 0.6) is 0 Å². The van der Waals surface area contributed by atoms with Crippen molar-refractivity contribution in [1.29, 1.82) is 0 Å². The number of hydrogen-bond donors (Lipinski definition) is 0. The third kappa shape index (κ3) is 2.15. The van der Waals surface area contributed by atoms with Gasteiger partial charge in [-0.25, -0.2) is 0 Å². The second-order valence-electron chi connectivity index (χ2n) is 3.78. The summed E-state index contributed by atoms with van der Waals surface area (Å²) in [7, 11) is 0. The molecule has 0 fully saturated rings. The molecule has 0 saturated carbocycles. The van der Waals surface area contributed by atoms with Crippen molar-refractivity contribution < 1.29 is 4.79 Å². The lowest BCUT2D eigenvalue weighted by Crippen LogP contribution is -2.26. The molecule has 1 amide bonds. The Morgan fingerprint density at radius 1 is 1.53 bits per heavy atom. The number of thiophene rings is 1. The Labute approximate surface area is 110 Å². The van der Waals surface area contributed by atoms with E-state index in [0.717, 1.165) is 25.9 Å². The van der Waals surface area contributed by atoms with Crippen LogP contribution in [0.3, 0.4) is 0 Å². The molecular weight excluding hydrogens is 342 g/mol. The summed E-state index contributed by atoms with van der Waals surface area (Å²) in [6, 6.07) is 0. The molecule has 1 aromatic rings. The first kappa shape index (κ1) is 11.6. The molecule has 15 heavy (non-hydrogen) atoms. The number of rotatable bonds is 1. The van der Waals surface area contributed by atoms with Crippen molar-refractivity contribution in [2.24, 2.45) is 0 Å². The minimum Gasteiger partial charge on any atom is -0.344 e. The Hall–Kier alpha value is 0.130. The van der Waals surface area contributed by atoms with Crippen LogP contribution in [0.4, 0.5) is 0 Å². The zero-order valence-electron chi connectivity index (χ0n) is 8.30. The Balaban J connectivity index is 2.38. The highest BCUT2D eigenvalue weighted by atomic mass is 79.9. The highest BCUT2D eigenvalue weighted by molar-refractivity contribution is 9.13. The zero-order valence-corrected chi connectivity index (χ0v) is 12.3. The van der Waals surface area contributed by atoms with Crippen molar-refractivity contribution >= 4 is 49.6 Å². The van der Waals surface area contributed by atoms with Gasteiger partial charge in [0.05, 0.1) is 3.79 Å². The van der Waals surface area contributed by atoms with Gasteiger partial charge in [-0.05, 0) is 43.8 Å². The van der Waals surface area contributed by atoms with Crippen LogP contribution in [0.15, 0.2) is 8.26 Å². The molecule has 1 aliphatic heterocycles. The van der Waals surface area contributed by atoms with Crippen LogP contribution >= 0.6 is 43.2 Å². The van der Waals surface area contributed by atoms with Crippen molar-refractivity contribution in [1.82, 2.24) is 4.90 Å². The van der Waals surface area contributed by atoms with E-state index in [2.05, 4.69) is 38.8 Å². The van der Waals surface area contributed by atoms with Gasteiger partial charge in [-0.2, -0.15) is 0 Å². The normalized spacial score (nSPS) is 21.0. The van der Waals surface area contributed by atoms with Gasteiger partial charge in [0.1, 0.15) is 0 Å². The minimum atomic E-state index is 0.407. The van der Waals surface area contributed by atoms with Gasteiger partial charge in [-0.3, -0.25) is 4.79 Å². The summed E-state index contributed by atoms with van der Waals surface area (Å²) in [5.74, 6) is 0.407. The van der Waals surface area contributed by atoms with E-state index in [4.69, 9.17) is 0 Å². The Bertz CT molecular complexity index is 391. The molecule has 0 N–H and O–H groups in total. The maximum atomic E-state index is 10.8. The largest absolute Gasteiger partial charge is 0.344 e. The van der Waals surface area contributed by atoms with Gasteiger partial charge in [0.25, 0.3) is 0 Å². The lowest BCUT2D eigenvalue weighted by Gasteiger charge is -2.17. The molecule has 0 aliphatic carbocycles. The fourth-order valence-electron chi connectivity index (χ4n) is 1.99. The van der Waals surface area contributed by atoms with Gasteiger partial charge < -0.3 is 4.90 Å². The van der Waals surface area contributed by atoms with Crippen molar-refractivity contribution in [3.8, 4) is 0 Å². The SMILES string of the molecule is CC1CN(C=O)CCc2sc(Br)c(Br)c21. The average molecular weight is 353 g/mol. The molecule has 0 radical (unpaired) electrons. The molecule has 0 aromatic carbocycles. The van der Waals surface area contributed by atoms with Gasteiger partial charge in [-0.1, -0.05) is 6.92 Å². The van der Waals surface area contributed by atoms with Gasteiger partial charge in [-0.15, -0.1) is 11.3 Å². The molecule has 2 heterocycles. The summed E-state index contributed by atoms with van der Waals surface area (Å²) >= 11 is 8.93. The molecule has 1 unspecified atom stereocenters. The van der Waals surface area contributed by atoms with Gasteiger partial charge in [0.15, 0.2) is 0 Å². The maximum Gasteiger partial charge on any atom is 0.209 e. The second kappa shape index (κ2) is 4.55. The Kier molecular flexibility index (Phi) is 3.52. The van der Waals surface area contributed by atoms with Crippen LogP contribution in [-0.4, -0.2) is 24.4 Å². The van der Waals surface area contributed by atoms with E-state index >= 15 is 0 Å². The number of nitrogens with zero attached hydrogens (tertiary/aromatic N) is 1. The molecule has 82 valence electrons. The smallest absolute Gasteiger partial charge is 0.209 e. The summed E-state index contributed by atoms with van der Waals surface area (Å²) in [4.78, 5) is 14.0. The summed E-state index contributed by atoms with van der Waals surface area (Å²) < 4.78 is 2.33. The molecule has 1 atom stereocenters. The topological polar surface area (TPSA) is 20.3 Å². The number of carbonyl (C=O) groups is 1. The molecule has 5 heteroatoms. The van der Waals surface area contributed by atoms with Gasteiger partial charge in [0.2, 0.25) is 6.41 Å². The summed E-state index contributed by atoms with van der Waals surface area (Å²) in [6.45, 7) is 3.82. The monoisotopic (exact) mass is 351 g/mol. The fraction of sp³-hybridized carbons (Fsp3) is 0.500. The average Bonchev–Trinajstić information content (AvgIpc) is 2.41. The first-order valence-electron chi connectivity index (χ1n) is 4.79. The first-order chi connectivity index (χ1) is 7.13. The van der Waals surface area contributed by atoms with E-state index in [0.29, 0.717) is 5.92 Å². The number of fused-ring (bicyclic) bond motifs is 1. The zero-order chi connectivity index (χ0) is 11.0. The van der Waals surface area contributed by atoms with E-state index in [-0.39, 0.29) is 0 Å². The number of halogens is 2. The lowest BCUT2D eigenvalue weighted by atomic mass is 10.0. The summed E-state index contributed by atoms with van der Waals surface area (Å²) in [5.41, 5.74) is 1.37. The molecule has 2 nitrogen and oxygen atoms in total. The van der Waals surface area contributed by atoms with Crippen LogP contribution in [-0.2, 0) is 11.2 Å². The standard InChI is InChI=1S/C10H11Br2NOS/c1-6-4-13(5-14)3-2-7-8(6)9(11)10(12)15-7/h5-6H,2-4H2,1H3. The number of carbonyl (C=O) groups excluding carboxylic acids is 1. The summed E-state index contributed by atoms with van der Waals surface area (Å²) in [5, 5.41) is 0. The highest BCUT2D eigenvalue weighted by Gasteiger charge is 2.24. The van der Waals surface area contributed by atoms with Crippen LogP contribution < -0.4 is 0 Å². The third-order valence-corrected chi connectivity index (χ3v) is 6.25. The molecule has 0 bridgehead atoms. The highest BCUT2D eigenvalue weighted by Crippen LogP contribution is 2.42. The molecular formula is C10H11Br2NOS. The van der Waals surface area contributed by atoms with Crippen LogP contribution in [0.25, 0.3) is 0 Å².